The van der Waals surface area contributed by atoms with Crippen LogP contribution in [0.2, 0.25) is 0 Å². The van der Waals surface area contributed by atoms with Gasteiger partial charge in [-0.05, 0) is 42.4 Å². The molecule has 0 aliphatic carbocycles. The van der Waals surface area contributed by atoms with Crippen molar-refractivity contribution in [1.82, 2.24) is 14.9 Å². The third kappa shape index (κ3) is 4.39. The van der Waals surface area contributed by atoms with Crippen LogP contribution in [0, 0.1) is 11.7 Å². The molecule has 0 aliphatic heterocycles. The zero-order chi connectivity index (χ0) is 17.6. The number of benzene rings is 2. The highest BCUT2D eigenvalue weighted by Gasteiger charge is 2.07. The van der Waals surface area contributed by atoms with E-state index in [1.54, 1.807) is 18.1 Å². The molecular weight excluding hydrogens is 336 g/mol. The molecule has 2 aromatic carbocycles. The van der Waals surface area contributed by atoms with E-state index in [-0.39, 0.29) is 0 Å². The monoisotopic (exact) mass is 356 g/mol. The Balaban J connectivity index is 1.66. The van der Waals surface area contributed by atoms with Crippen LogP contribution < -0.4 is 14.9 Å². The van der Waals surface area contributed by atoms with Crippen molar-refractivity contribution in [2.24, 2.45) is 0 Å². The third-order valence-corrected chi connectivity index (χ3v) is 4.00. The number of aromatic amines is 1. The van der Waals surface area contributed by atoms with E-state index in [4.69, 9.17) is 21.7 Å². The standard InChI is InChI=1S/C18H20N4O2S/c1-13-4-3-5-15(8-13)11-24-16-7-6-14(9-17(16)23-2)10-20-22-12-19-21-18(22)25/h3-9,12,20H,10-11H2,1-2H3,(H,21,25). The quantitative estimate of drug-likeness (QED) is 0.634. The van der Waals surface area contributed by atoms with Crippen molar-refractivity contribution in [2.45, 2.75) is 20.1 Å². The molecule has 6 nitrogen and oxygen atoms in total. The Labute approximate surface area is 151 Å². The highest BCUT2D eigenvalue weighted by Crippen LogP contribution is 2.29. The summed E-state index contributed by atoms with van der Waals surface area (Å²) in [7, 11) is 1.64. The Bertz CT molecular complexity index is 904. The summed E-state index contributed by atoms with van der Waals surface area (Å²) >= 11 is 5.10. The van der Waals surface area contributed by atoms with Gasteiger partial charge in [-0.3, -0.25) is 5.10 Å². The molecular formula is C18H20N4O2S. The first-order valence-electron chi connectivity index (χ1n) is 7.87. The first-order valence-corrected chi connectivity index (χ1v) is 8.27. The summed E-state index contributed by atoms with van der Waals surface area (Å²) in [4.78, 5) is 0. The normalized spacial score (nSPS) is 10.5. The number of nitrogens with zero attached hydrogens (tertiary/aromatic N) is 2. The van der Waals surface area contributed by atoms with Crippen LogP contribution in [-0.4, -0.2) is 22.0 Å². The Hall–Kier alpha value is -2.80. The number of ether oxygens (including phenoxy) is 2. The zero-order valence-corrected chi connectivity index (χ0v) is 15.0. The Morgan fingerprint density at radius 1 is 1.16 bits per heavy atom. The molecule has 3 rings (SSSR count). The minimum Gasteiger partial charge on any atom is -0.493 e. The van der Waals surface area contributed by atoms with Crippen molar-refractivity contribution in [3.05, 3.63) is 70.3 Å². The highest BCUT2D eigenvalue weighted by molar-refractivity contribution is 7.71. The fourth-order valence-electron chi connectivity index (χ4n) is 2.44. The van der Waals surface area contributed by atoms with Crippen molar-refractivity contribution in [3.8, 4) is 11.5 Å². The van der Waals surface area contributed by atoms with Crippen LogP contribution >= 0.6 is 12.2 Å². The molecule has 0 atom stereocenters. The van der Waals surface area contributed by atoms with Crippen LogP contribution in [0.25, 0.3) is 0 Å². The number of H-pyrrole nitrogens is 1. The maximum Gasteiger partial charge on any atom is 0.214 e. The lowest BCUT2D eigenvalue weighted by Gasteiger charge is -2.13. The second-order valence-electron chi connectivity index (χ2n) is 5.63. The second-order valence-corrected chi connectivity index (χ2v) is 6.02. The molecule has 0 fully saturated rings. The minimum atomic E-state index is 0.500. The van der Waals surface area contributed by atoms with Gasteiger partial charge in [-0.1, -0.05) is 35.9 Å². The van der Waals surface area contributed by atoms with Gasteiger partial charge in [0.1, 0.15) is 12.9 Å². The summed E-state index contributed by atoms with van der Waals surface area (Å²) in [6, 6.07) is 14.1. The maximum absolute atomic E-state index is 5.91. The minimum absolute atomic E-state index is 0.500. The first-order chi connectivity index (χ1) is 12.2. The maximum atomic E-state index is 5.91. The molecule has 0 aliphatic rings. The second kappa shape index (κ2) is 7.85. The molecule has 2 N–H and O–H groups in total. The summed E-state index contributed by atoms with van der Waals surface area (Å²) in [5.41, 5.74) is 6.55. The Kier molecular flexibility index (Phi) is 5.35. The van der Waals surface area contributed by atoms with E-state index in [2.05, 4.69) is 34.7 Å². The lowest BCUT2D eigenvalue weighted by atomic mass is 10.1. The molecule has 0 saturated heterocycles. The summed E-state index contributed by atoms with van der Waals surface area (Å²) in [6.45, 7) is 3.15. The number of aromatic nitrogens is 3. The van der Waals surface area contributed by atoms with Gasteiger partial charge in [0.05, 0.1) is 13.7 Å². The number of hydrogen-bond donors (Lipinski definition) is 2. The van der Waals surface area contributed by atoms with Crippen molar-refractivity contribution >= 4 is 12.2 Å². The largest absolute Gasteiger partial charge is 0.493 e. The summed E-state index contributed by atoms with van der Waals surface area (Å²) < 4.78 is 13.5. The molecule has 3 aromatic rings. The van der Waals surface area contributed by atoms with E-state index in [0.29, 0.717) is 29.4 Å². The van der Waals surface area contributed by atoms with Gasteiger partial charge < -0.3 is 14.9 Å². The van der Waals surface area contributed by atoms with E-state index in [1.165, 1.54) is 5.56 Å². The summed E-state index contributed by atoms with van der Waals surface area (Å²) in [5, 5.41) is 6.56. The topological polar surface area (TPSA) is 64.1 Å². The fraction of sp³-hybridized carbons (Fsp3) is 0.222. The molecule has 0 amide bonds. The zero-order valence-electron chi connectivity index (χ0n) is 14.2. The van der Waals surface area contributed by atoms with Crippen LogP contribution in [0.3, 0.4) is 0 Å². The number of aryl methyl sites for hydroxylation is 1. The third-order valence-electron chi connectivity index (χ3n) is 3.71. The number of methoxy groups -OCH3 is 1. The molecule has 0 saturated carbocycles. The number of hydrogen-bond acceptors (Lipinski definition) is 5. The first kappa shape index (κ1) is 17.0. The number of rotatable bonds is 7. The number of nitrogens with one attached hydrogen (secondary N) is 2. The Morgan fingerprint density at radius 2 is 2.04 bits per heavy atom. The van der Waals surface area contributed by atoms with Gasteiger partial charge in [0.25, 0.3) is 0 Å². The lowest BCUT2D eigenvalue weighted by Crippen LogP contribution is -2.13. The van der Waals surface area contributed by atoms with E-state index in [1.807, 2.05) is 30.3 Å². The smallest absolute Gasteiger partial charge is 0.214 e. The lowest BCUT2D eigenvalue weighted by molar-refractivity contribution is 0.284. The summed E-state index contributed by atoms with van der Waals surface area (Å²) in [6.07, 6.45) is 1.60. The molecule has 7 heteroatoms. The molecule has 1 heterocycles. The Morgan fingerprint density at radius 3 is 2.76 bits per heavy atom. The predicted molar refractivity (Wildman–Crippen MR) is 99.0 cm³/mol. The van der Waals surface area contributed by atoms with Gasteiger partial charge in [0.15, 0.2) is 11.5 Å². The molecule has 0 radical (unpaired) electrons. The van der Waals surface area contributed by atoms with Gasteiger partial charge in [0.2, 0.25) is 4.77 Å². The van der Waals surface area contributed by atoms with E-state index in [9.17, 15) is 0 Å². The van der Waals surface area contributed by atoms with E-state index in [0.717, 1.165) is 11.1 Å². The van der Waals surface area contributed by atoms with Crippen LogP contribution in [0.4, 0.5) is 0 Å². The van der Waals surface area contributed by atoms with E-state index >= 15 is 0 Å². The predicted octanol–water partition coefficient (Wildman–Crippen LogP) is 3.58. The van der Waals surface area contributed by atoms with E-state index < -0.39 is 0 Å². The molecule has 25 heavy (non-hydrogen) atoms. The van der Waals surface area contributed by atoms with Gasteiger partial charge in [0, 0.05) is 0 Å². The van der Waals surface area contributed by atoms with Crippen molar-refractivity contribution < 1.29 is 9.47 Å². The summed E-state index contributed by atoms with van der Waals surface area (Å²) in [5.74, 6) is 1.41. The van der Waals surface area contributed by atoms with Crippen molar-refractivity contribution in [2.75, 3.05) is 12.5 Å². The van der Waals surface area contributed by atoms with Crippen LogP contribution in [-0.2, 0) is 13.2 Å². The van der Waals surface area contributed by atoms with Gasteiger partial charge in [-0.2, -0.15) is 5.10 Å². The van der Waals surface area contributed by atoms with Gasteiger partial charge >= 0.3 is 0 Å². The van der Waals surface area contributed by atoms with Gasteiger partial charge in [-0.15, -0.1) is 0 Å². The molecule has 0 spiro atoms. The SMILES string of the molecule is COc1cc(CNn2cn[nH]c2=S)ccc1OCc1cccc(C)c1. The van der Waals surface area contributed by atoms with Crippen LogP contribution in [0.15, 0.2) is 48.8 Å². The molecule has 0 bridgehead atoms. The van der Waals surface area contributed by atoms with Crippen LogP contribution in [0.1, 0.15) is 16.7 Å². The fourth-order valence-corrected chi connectivity index (χ4v) is 2.61. The van der Waals surface area contributed by atoms with Gasteiger partial charge in [-0.25, -0.2) is 4.68 Å². The molecule has 0 unspecified atom stereocenters. The van der Waals surface area contributed by atoms with Crippen molar-refractivity contribution in [3.63, 3.8) is 0 Å². The highest BCUT2D eigenvalue weighted by atomic mass is 32.1. The average Bonchev–Trinajstić information content (AvgIpc) is 3.03. The average molecular weight is 356 g/mol. The molecule has 1 aromatic heterocycles. The van der Waals surface area contributed by atoms with Crippen LogP contribution in [0.5, 0.6) is 11.5 Å². The van der Waals surface area contributed by atoms with Crippen molar-refractivity contribution in [1.29, 1.82) is 0 Å². The molecule has 130 valence electrons.